The summed E-state index contributed by atoms with van der Waals surface area (Å²) in [5.41, 5.74) is 1.79. The first-order chi connectivity index (χ1) is 7.16. The Morgan fingerprint density at radius 1 is 1.40 bits per heavy atom. The standard InChI is InChI=1S/C12H16FNO/c1-8-5-10(3-4-11(8)13)12-7-15-6-9(2)14-12/h3-5,9,12,14H,6-7H2,1-2H3. The number of aryl methyl sites for hydroxylation is 1. The van der Waals surface area contributed by atoms with Crippen LogP contribution in [-0.4, -0.2) is 19.3 Å². The van der Waals surface area contributed by atoms with Gasteiger partial charge in [0.25, 0.3) is 0 Å². The van der Waals surface area contributed by atoms with Gasteiger partial charge in [-0.05, 0) is 31.0 Å². The molecule has 2 nitrogen and oxygen atoms in total. The van der Waals surface area contributed by atoms with E-state index in [0.29, 0.717) is 18.2 Å². The molecule has 1 aliphatic rings. The summed E-state index contributed by atoms with van der Waals surface area (Å²) in [6.07, 6.45) is 0. The number of hydrogen-bond acceptors (Lipinski definition) is 2. The minimum absolute atomic E-state index is 0.150. The molecule has 0 bridgehead atoms. The topological polar surface area (TPSA) is 21.3 Å². The van der Waals surface area contributed by atoms with Gasteiger partial charge < -0.3 is 10.1 Å². The van der Waals surface area contributed by atoms with Crippen molar-refractivity contribution in [2.24, 2.45) is 0 Å². The van der Waals surface area contributed by atoms with E-state index in [2.05, 4.69) is 12.2 Å². The average molecular weight is 209 g/mol. The SMILES string of the molecule is Cc1cc(C2COCC(C)N2)ccc1F. The molecular weight excluding hydrogens is 193 g/mol. The van der Waals surface area contributed by atoms with Crippen LogP contribution in [0.2, 0.25) is 0 Å². The molecule has 1 aliphatic heterocycles. The van der Waals surface area contributed by atoms with E-state index in [4.69, 9.17) is 4.74 Å². The molecule has 0 amide bonds. The van der Waals surface area contributed by atoms with Crippen LogP contribution in [0.1, 0.15) is 24.1 Å². The maximum Gasteiger partial charge on any atom is 0.126 e. The van der Waals surface area contributed by atoms with Crippen molar-refractivity contribution in [1.29, 1.82) is 0 Å². The second kappa shape index (κ2) is 4.29. The second-order valence-corrected chi connectivity index (χ2v) is 4.17. The molecule has 2 atom stereocenters. The Bertz CT molecular complexity index is 353. The maximum atomic E-state index is 13.1. The zero-order chi connectivity index (χ0) is 10.8. The van der Waals surface area contributed by atoms with Crippen molar-refractivity contribution in [3.63, 3.8) is 0 Å². The Morgan fingerprint density at radius 2 is 2.20 bits per heavy atom. The van der Waals surface area contributed by atoms with Gasteiger partial charge in [0.15, 0.2) is 0 Å². The van der Waals surface area contributed by atoms with Crippen molar-refractivity contribution < 1.29 is 9.13 Å². The number of ether oxygens (including phenoxy) is 1. The summed E-state index contributed by atoms with van der Waals surface area (Å²) < 4.78 is 18.6. The van der Waals surface area contributed by atoms with Crippen molar-refractivity contribution in [1.82, 2.24) is 5.32 Å². The third-order valence-electron chi connectivity index (χ3n) is 2.72. The molecule has 2 unspecified atom stereocenters. The lowest BCUT2D eigenvalue weighted by Crippen LogP contribution is -2.41. The molecule has 3 heteroatoms. The van der Waals surface area contributed by atoms with Gasteiger partial charge in [-0.1, -0.05) is 12.1 Å². The molecule has 0 aromatic heterocycles. The molecule has 1 N–H and O–H groups in total. The minimum Gasteiger partial charge on any atom is -0.378 e. The highest BCUT2D eigenvalue weighted by molar-refractivity contribution is 5.26. The molecule has 1 fully saturated rings. The average Bonchev–Trinajstić information content (AvgIpc) is 2.22. The van der Waals surface area contributed by atoms with E-state index in [-0.39, 0.29) is 11.9 Å². The predicted molar refractivity (Wildman–Crippen MR) is 57.3 cm³/mol. The molecule has 0 saturated carbocycles. The fraction of sp³-hybridized carbons (Fsp3) is 0.500. The Labute approximate surface area is 89.4 Å². The fourth-order valence-electron chi connectivity index (χ4n) is 1.88. The lowest BCUT2D eigenvalue weighted by atomic mass is 10.0. The third-order valence-corrected chi connectivity index (χ3v) is 2.72. The van der Waals surface area contributed by atoms with E-state index in [1.54, 1.807) is 6.92 Å². The van der Waals surface area contributed by atoms with E-state index >= 15 is 0 Å². The molecule has 1 heterocycles. The monoisotopic (exact) mass is 209 g/mol. The Morgan fingerprint density at radius 3 is 2.87 bits per heavy atom. The number of benzene rings is 1. The van der Waals surface area contributed by atoms with Gasteiger partial charge in [0.05, 0.1) is 19.3 Å². The van der Waals surface area contributed by atoms with Gasteiger partial charge in [-0.3, -0.25) is 0 Å². The number of rotatable bonds is 1. The smallest absolute Gasteiger partial charge is 0.126 e. The van der Waals surface area contributed by atoms with Crippen LogP contribution < -0.4 is 5.32 Å². The summed E-state index contributed by atoms with van der Waals surface area (Å²) in [5.74, 6) is -0.150. The van der Waals surface area contributed by atoms with Crippen LogP contribution in [-0.2, 0) is 4.74 Å². The molecule has 2 rings (SSSR count). The maximum absolute atomic E-state index is 13.1. The number of nitrogens with one attached hydrogen (secondary N) is 1. The van der Waals surface area contributed by atoms with E-state index < -0.39 is 0 Å². The third kappa shape index (κ3) is 2.36. The fourth-order valence-corrected chi connectivity index (χ4v) is 1.88. The van der Waals surface area contributed by atoms with E-state index in [9.17, 15) is 4.39 Å². The quantitative estimate of drug-likeness (QED) is 0.765. The van der Waals surface area contributed by atoms with Crippen molar-refractivity contribution >= 4 is 0 Å². The lowest BCUT2D eigenvalue weighted by molar-refractivity contribution is 0.0503. The molecule has 0 spiro atoms. The highest BCUT2D eigenvalue weighted by atomic mass is 19.1. The summed E-state index contributed by atoms with van der Waals surface area (Å²) in [4.78, 5) is 0. The zero-order valence-electron chi connectivity index (χ0n) is 9.09. The molecule has 15 heavy (non-hydrogen) atoms. The predicted octanol–water partition coefficient (Wildman–Crippen LogP) is 2.18. The van der Waals surface area contributed by atoms with Gasteiger partial charge in [-0.2, -0.15) is 0 Å². The lowest BCUT2D eigenvalue weighted by Gasteiger charge is -2.29. The Hall–Kier alpha value is -0.930. The normalized spacial score (nSPS) is 26.6. The first-order valence-corrected chi connectivity index (χ1v) is 5.26. The highest BCUT2D eigenvalue weighted by Crippen LogP contribution is 2.20. The van der Waals surface area contributed by atoms with Crippen molar-refractivity contribution in [3.8, 4) is 0 Å². The van der Waals surface area contributed by atoms with Gasteiger partial charge in [0.2, 0.25) is 0 Å². The Kier molecular flexibility index (Phi) is 3.03. The largest absolute Gasteiger partial charge is 0.378 e. The second-order valence-electron chi connectivity index (χ2n) is 4.17. The van der Waals surface area contributed by atoms with Gasteiger partial charge in [0.1, 0.15) is 5.82 Å². The van der Waals surface area contributed by atoms with Crippen molar-refractivity contribution in [2.75, 3.05) is 13.2 Å². The van der Waals surface area contributed by atoms with Crippen molar-refractivity contribution in [2.45, 2.75) is 25.9 Å². The first kappa shape index (κ1) is 10.6. The Balaban J connectivity index is 2.18. The van der Waals surface area contributed by atoms with Crippen LogP contribution in [0.25, 0.3) is 0 Å². The summed E-state index contributed by atoms with van der Waals surface area (Å²) in [7, 11) is 0. The summed E-state index contributed by atoms with van der Waals surface area (Å²) >= 11 is 0. The van der Waals surface area contributed by atoms with Crippen LogP contribution in [0, 0.1) is 12.7 Å². The van der Waals surface area contributed by atoms with E-state index in [1.165, 1.54) is 6.07 Å². The van der Waals surface area contributed by atoms with Gasteiger partial charge in [-0.15, -0.1) is 0 Å². The van der Waals surface area contributed by atoms with Gasteiger partial charge in [0, 0.05) is 6.04 Å². The molecule has 1 aromatic rings. The zero-order valence-corrected chi connectivity index (χ0v) is 9.09. The molecule has 1 aromatic carbocycles. The summed E-state index contributed by atoms with van der Waals surface area (Å²) in [6, 6.07) is 5.77. The molecule has 0 radical (unpaired) electrons. The van der Waals surface area contributed by atoms with Crippen LogP contribution in [0.15, 0.2) is 18.2 Å². The minimum atomic E-state index is -0.150. The summed E-state index contributed by atoms with van der Waals surface area (Å²) in [5, 5.41) is 3.43. The van der Waals surface area contributed by atoms with Crippen LogP contribution in [0.4, 0.5) is 4.39 Å². The molecule has 0 aliphatic carbocycles. The van der Waals surface area contributed by atoms with Gasteiger partial charge in [-0.25, -0.2) is 4.39 Å². The van der Waals surface area contributed by atoms with Gasteiger partial charge >= 0.3 is 0 Å². The first-order valence-electron chi connectivity index (χ1n) is 5.26. The molecule has 1 saturated heterocycles. The number of hydrogen-bond donors (Lipinski definition) is 1. The molecule has 82 valence electrons. The molecular formula is C12H16FNO. The summed E-state index contributed by atoms with van der Waals surface area (Å²) in [6.45, 7) is 5.28. The van der Waals surface area contributed by atoms with Crippen LogP contribution >= 0.6 is 0 Å². The van der Waals surface area contributed by atoms with Crippen LogP contribution in [0.5, 0.6) is 0 Å². The highest BCUT2D eigenvalue weighted by Gasteiger charge is 2.20. The van der Waals surface area contributed by atoms with E-state index in [0.717, 1.165) is 12.2 Å². The van der Waals surface area contributed by atoms with Crippen molar-refractivity contribution in [3.05, 3.63) is 35.1 Å². The number of halogens is 1. The van der Waals surface area contributed by atoms with Crippen LogP contribution in [0.3, 0.4) is 0 Å². The number of morpholine rings is 1. The van der Waals surface area contributed by atoms with E-state index in [1.807, 2.05) is 12.1 Å².